The molecule has 116 valence electrons. The van der Waals surface area contributed by atoms with Crippen molar-refractivity contribution in [2.24, 2.45) is 0 Å². The first-order valence-corrected chi connectivity index (χ1v) is 7.71. The van der Waals surface area contributed by atoms with Crippen LogP contribution in [-0.4, -0.2) is 52.6 Å². The van der Waals surface area contributed by atoms with E-state index < -0.39 is 11.5 Å². The summed E-state index contributed by atoms with van der Waals surface area (Å²) in [5, 5.41) is 9.21. The molecule has 0 aromatic heterocycles. The number of carboxylic acid groups (broad SMARTS) is 1. The molecule has 0 heterocycles. The molecule has 1 N–H and O–H groups in total. The van der Waals surface area contributed by atoms with Crippen LogP contribution in [0.1, 0.15) is 58.8 Å². The van der Waals surface area contributed by atoms with E-state index in [1.165, 1.54) is 0 Å². The first-order chi connectivity index (χ1) is 9.46. The van der Waals surface area contributed by atoms with E-state index in [1.54, 1.807) is 16.8 Å². The summed E-state index contributed by atoms with van der Waals surface area (Å²) in [6.45, 7) is 5.40. The number of hydrogen-bond acceptors (Lipinski definition) is 2. The lowest BCUT2D eigenvalue weighted by Gasteiger charge is -2.45. The molecule has 0 saturated heterocycles. The molecule has 1 aliphatic carbocycles. The third-order valence-electron chi connectivity index (χ3n) is 4.41. The van der Waals surface area contributed by atoms with Crippen LogP contribution in [0.25, 0.3) is 0 Å². The number of carboxylic acids is 1. The quantitative estimate of drug-likeness (QED) is 0.815. The summed E-state index contributed by atoms with van der Waals surface area (Å²) in [5.74, 6) is -0.815. The average Bonchev–Trinajstić information content (AvgIpc) is 2.43. The van der Waals surface area contributed by atoms with Gasteiger partial charge in [0.1, 0.15) is 0 Å². The van der Waals surface area contributed by atoms with E-state index in [9.17, 15) is 14.7 Å². The van der Waals surface area contributed by atoms with E-state index >= 15 is 0 Å². The first-order valence-electron chi connectivity index (χ1n) is 7.71. The van der Waals surface area contributed by atoms with Gasteiger partial charge in [0.2, 0.25) is 0 Å². The van der Waals surface area contributed by atoms with Crippen LogP contribution < -0.4 is 0 Å². The van der Waals surface area contributed by atoms with E-state index in [4.69, 9.17) is 0 Å². The second-order valence-corrected chi connectivity index (χ2v) is 5.78. The minimum absolute atomic E-state index is 0.0301. The van der Waals surface area contributed by atoms with Gasteiger partial charge in [-0.3, -0.25) is 4.79 Å². The van der Waals surface area contributed by atoms with Crippen LogP contribution in [-0.2, 0) is 4.79 Å². The first kappa shape index (κ1) is 16.8. The van der Waals surface area contributed by atoms with Crippen molar-refractivity contribution >= 4 is 12.0 Å². The Kier molecular flexibility index (Phi) is 6.30. The normalized spacial score (nSPS) is 17.6. The van der Waals surface area contributed by atoms with Gasteiger partial charge in [-0.15, -0.1) is 0 Å². The zero-order valence-electron chi connectivity index (χ0n) is 13.0. The molecule has 1 saturated carbocycles. The Bertz CT molecular complexity index is 338. The highest BCUT2D eigenvalue weighted by Crippen LogP contribution is 2.36. The molecule has 1 fully saturated rings. The van der Waals surface area contributed by atoms with E-state index in [-0.39, 0.29) is 12.5 Å². The van der Waals surface area contributed by atoms with Gasteiger partial charge in [-0.05, 0) is 26.2 Å². The SMILES string of the molecule is CCCN(CC)C(=O)N(C)C1(CC(=O)O)CCCCC1. The number of urea groups is 1. The van der Waals surface area contributed by atoms with Crippen LogP contribution in [0.15, 0.2) is 0 Å². The Morgan fingerprint density at radius 2 is 1.75 bits per heavy atom. The third-order valence-corrected chi connectivity index (χ3v) is 4.41. The zero-order valence-corrected chi connectivity index (χ0v) is 13.0. The van der Waals surface area contributed by atoms with Crippen LogP contribution in [0.5, 0.6) is 0 Å². The number of nitrogens with zero attached hydrogens (tertiary/aromatic N) is 2. The van der Waals surface area contributed by atoms with E-state index in [2.05, 4.69) is 0 Å². The van der Waals surface area contributed by atoms with Gasteiger partial charge in [-0.25, -0.2) is 4.79 Å². The Balaban J connectivity index is 2.88. The van der Waals surface area contributed by atoms with Gasteiger partial charge < -0.3 is 14.9 Å². The van der Waals surface area contributed by atoms with Crippen molar-refractivity contribution in [2.45, 2.75) is 64.3 Å². The third kappa shape index (κ3) is 3.87. The van der Waals surface area contributed by atoms with Crippen molar-refractivity contribution in [2.75, 3.05) is 20.1 Å². The number of carbonyl (C=O) groups excluding carboxylic acids is 1. The Morgan fingerprint density at radius 1 is 1.15 bits per heavy atom. The molecule has 0 atom stereocenters. The lowest BCUT2D eigenvalue weighted by atomic mass is 9.78. The highest BCUT2D eigenvalue weighted by Gasteiger charge is 2.41. The molecule has 0 radical (unpaired) electrons. The maximum Gasteiger partial charge on any atom is 0.320 e. The van der Waals surface area contributed by atoms with Crippen LogP contribution in [0.2, 0.25) is 0 Å². The number of aliphatic carboxylic acids is 1. The Hall–Kier alpha value is -1.26. The summed E-state index contributed by atoms with van der Waals surface area (Å²) in [5.41, 5.74) is -0.498. The molecule has 20 heavy (non-hydrogen) atoms. The monoisotopic (exact) mass is 284 g/mol. The lowest BCUT2D eigenvalue weighted by molar-refractivity contribution is -0.140. The van der Waals surface area contributed by atoms with E-state index in [0.717, 1.165) is 45.1 Å². The van der Waals surface area contributed by atoms with Crippen molar-refractivity contribution < 1.29 is 14.7 Å². The number of carbonyl (C=O) groups is 2. The summed E-state index contributed by atoms with van der Waals surface area (Å²) in [6.07, 6.45) is 5.71. The number of hydrogen-bond donors (Lipinski definition) is 1. The van der Waals surface area contributed by atoms with Crippen LogP contribution >= 0.6 is 0 Å². The van der Waals surface area contributed by atoms with Gasteiger partial charge in [-0.1, -0.05) is 26.2 Å². The topological polar surface area (TPSA) is 60.9 Å². The molecule has 1 rings (SSSR count). The van der Waals surface area contributed by atoms with Gasteiger partial charge in [-0.2, -0.15) is 0 Å². The Morgan fingerprint density at radius 3 is 2.20 bits per heavy atom. The van der Waals surface area contributed by atoms with Gasteiger partial charge in [0, 0.05) is 20.1 Å². The second kappa shape index (κ2) is 7.50. The molecule has 5 nitrogen and oxygen atoms in total. The van der Waals surface area contributed by atoms with Crippen LogP contribution in [0.3, 0.4) is 0 Å². The smallest absolute Gasteiger partial charge is 0.320 e. The number of amides is 2. The lowest BCUT2D eigenvalue weighted by Crippen LogP contribution is -2.56. The number of rotatable bonds is 6. The van der Waals surface area contributed by atoms with Gasteiger partial charge in [0.05, 0.1) is 12.0 Å². The van der Waals surface area contributed by atoms with Crippen molar-refractivity contribution in [3.63, 3.8) is 0 Å². The fourth-order valence-corrected chi connectivity index (χ4v) is 3.20. The van der Waals surface area contributed by atoms with Crippen LogP contribution in [0, 0.1) is 0 Å². The predicted octanol–water partition coefficient (Wildman–Crippen LogP) is 2.95. The highest BCUT2D eigenvalue weighted by molar-refractivity contribution is 5.77. The molecule has 0 spiro atoms. The fraction of sp³-hybridized carbons (Fsp3) is 0.867. The molecular formula is C15H28N2O3. The van der Waals surface area contributed by atoms with Gasteiger partial charge in [0.15, 0.2) is 0 Å². The molecular weight excluding hydrogens is 256 g/mol. The summed E-state index contributed by atoms with van der Waals surface area (Å²) in [4.78, 5) is 27.3. The fourth-order valence-electron chi connectivity index (χ4n) is 3.20. The van der Waals surface area contributed by atoms with E-state index in [1.807, 2.05) is 13.8 Å². The standard InChI is InChI=1S/C15H28N2O3/c1-4-11-17(5-2)14(20)16(3)15(12-13(18)19)9-7-6-8-10-15/h4-12H2,1-3H3,(H,18,19). The molecule has 1 aliphatic rings. The largest absolute Gasteiger partial charge is 0.481 e. The summed E-state index contributed by atoms with van der Waals surface area (Å²) < 4.78 is 0. The molecule has 0 aromatic rings. The predicted molar refractivity (Wildman–Crippen MR) is 78.8 cm³/mol. The Labute approximate surface area is 121 Å². The van der Waals surface area contributed by atoms with Gasteiger partial charge in [0.25, 0.3) is 0 Å². The second-order valence-electron chi connectivity index (χ2n) is 5.78. The minimum Gasteiger partial charge on any atom is -0.481 e. The molecule has 2 amide bonds. The highest BCUT2D eigenvalue weighted by atomic mass is 16.4. The minimum atomic E-state index is -0.815. The van der Waals surface area contributed by atoms with Crippen molar-refractivity contribution in [3.05, 3.63) is 0 Å². The molecule has 0 aliphatic heterocycles. The zero-order chi connectivity index (χ0) is 15.2. The maximum atomic E-state index is 12.6. The van der Waals surface area contributed by atoms with Crippen molar-refractivity contribution in [1.29, 1.82) is 0 Å². The van der Waals surface area contributed by atoms with E-state index in [0.29, 0.717) is 6.54 Å². The molecule has 0 bridgehead atoms. The average molecular weight is 284 g/mol. The maximum absolute atomic E-state index is 12.6. The van der Waals surface area contributed by atoms with Crippen LogP contribution in [0.4, 0.5) is 4.79 Å². The van der Waals surface area contributed by atoms with Crippen molar-refractivity contribution in [1.82, 2.24) is 9.80 Å². The molecule has 0 aromatic carbocycles. The van der Waals surface area contributed by atoms with Crippen molar-refractivity contribution in [3.8, 4) is 0 Å². The van der Waals surface area contributed by atoms with Gasteiger partial charge >= 0.3 is 12.0 Å². The molecule has 0 unspecified atom stereocenters. The summed E-state index contributed by atoms with van der Waals surface area (Å²) in [7, 11) is 1.77. The summed E-state index contributed by atoms with van der Waals surface area (Å²) >= 11 is 0. The molecule has 5 heteroatoms. The summed E-state index contributed by atoms with van der Waals surface area (Å²) in [6, 6.07) is -0.0301.